The fraction of sp³-hybridized carbons (Fsp3) is 0.273. The van der Waals surface area contributed by atoms with Gasteiger partial charge in [0, 0.05) is 12.1 Å². The Labute approximate surface area is 93.3 Å². The van der Waals surface area contributed by atoms with E-state index in [1.54, 1.807) is 18.2 Å². The number of benzene rings is 1. The van der Waals surface area contributed by atoms with Crippen LogP contribution in [-0.4, -0.2) is 23.5 Å². The largest absolute Gasteiger partial charge is 0.480 e. The van der Waals surface area contributed by atoms with Crippen molar-refractivity contribution in [3.8, 4) is 0 Å². The summed E-state index contributed by atoms with van der Waals surface area (Å²) in [5, 5.41) is 11.4. The quantitative estimate of drug-likeness (QED) is 0.692. The SMILES string of the molecule is CCNC(=O)c1cccc(C(N)C(=O)O)c1. The van der Waals surface area contributed by atoms with Gasteiger partial charge in [-0.2, -0.15) is 0 Å². The second-order valence-corrected chi connectivity index (χ2v) is 3.30. The minimum Gasteiger partial charge on any atom is -0.480 e. The summed E-state index contributed by atoms with van der Waals surface area (Å²) in [6.07, 6.45) is 0. The number of amides is 1. The standard InChI is InChI=1S/C11H14N2O3/c1-2-13-10(14)8-5-3-4-7(6-8)9(12)11(15)16/h3-6,9H,2,12H2,1H3,(H,13,14)(H,15,16). The molecular formula is C11H14N2O3. The minimum absolute atomic E-state index is 0.234. The molecule has 0 heterocycles. The van der Waals surface area contributed by atoms with Gasteiger partial charge in [0.05, 0.1) is 0 Å². The zero-order chi connectivity index (χ0) is 12.1. The lowest BCUT2D eigenvalue weighted by atomic mass is 10.0. The third-order valence-corrected chi connectivity index (χ3v) is 2.11. The summed E-state index contributed by atoms with van der Waals surface area (Å²) in [5.41, 5.74) is 6.28. The molecule has 1 unspecified atom stereocenters. The molecule has 16 heavy (non-hydrogen) atoms. The van der Waals surface area contributed by atoms with Gasteiger partial charge in [0.15, 0.2) is 0 Å². The average Bonchev–Trinajstić information content (AvgIpc) is 2.28. The lowest BCUT2D eigenvalue weighted by molar-refractivity contribution is -0.138. The summed E-state index contributed by atoms with van der Waals surface area (Å²) in [5.74, 6) is -1.35. The summed E-state index contributed by atoms with van der Waals surface area (Å²) < 4.78 is 0. The van der Waals surface area contributed by atoms with Gasteiger partial charge in [-0.25, -0.2) is 0 Å². The number of nitrogens with one attached hydrogen (secondary N) is 1. The van der Waals surface area contributed by atoms with Crippen LogP contribution in [0.25, 0.3) is 0 Å². The molecule has 1 atom stereocenters. The molecule has 0 bridgehead atoms. The monoisotopic (exact) mass is 222 g/mol. The van der Waals surface area contributed by atoms with Gasteiger partial charge in [-0.05, 0) is 24.6 Å². The number of hydrogen-bond donors (Lipinski definition) is 3. The van der Waals surface area contributed by atoms with Crippen molar-refractivity contribution in [2.45, 2.75) is 13.0 Å². The van der Waals surface area contributed by atoms with Gasteiger partial charge in [0.25, 0.3) is 5.91 Å². The fourth-order valence-corrected chi connectivity index (χ4v) is 1.28. The minimum atomic E-state index is -1.12. The van der Waals surface area contributed by atoms with Crippen LogP contribution >= 0.6 is 0 Å². The first kappa shape index (κ1) is 12.2. The maximum atomic E-state index is 11.5. The third-order valence-electron chi connectivity index (χ3n) is 2.11. The number of carboxylic acid groups (broad SMARTS) is 1. The van der Waals surface area contributed by atoms with E-state index in [9.17, 15) is 9.59 Å². The number of nitrogens with two attached hydrogens (primary N) is 1. The Hall–Kier alpha value is -1.88. The van der Waals surface area contributed by atoms with E-state index in [-0.39, 0.29) is 5.91 Å². The molecule has 0 radical (unpaired) electrons. The van der Waals surface area contributed by atoms with Crippen molar-refractivity contribution in [2.24, 2.45) is 5.73 Å². The normalized spacial score (nSPS) is 11.9. The van der Waals surface area contributed by atoms with Crippen LogP contribution in [0.15, 0.2) is 24.3 Å². The van der Waals surface area contributed by atoms with Crippen molar-refractivity contribution in [3.05, 3.63) is 35.4 Å². The summed E-state index contributed by atoms with van der Waals surface area (Å²) in [4.78, 5) is 22.2. The van der Waals surface area contributed by atoms with Crippen LogP contribution < -0.4 is 11.1 Å². The van der Waals surface area contributed by atoms with Gasteiger partial charge in [-0.15, -0.1) is 0 Å². The van der Waals surface area contributed by atoms with E-state index in [1.165, 1.54) is 6.07 Å². The Morgan fingerprint density at radius 3 is 2.75 bits per heavy atom. The van der Waals surface area contributed by atoms with Crippen LogP contribution in [0.2, 0.25) is 0 Å². The smallest absolute Gasteiger partial charge is 0.325 e. The number of carbonyl (C=O) groups excluding carboxylic acids is 1. The van der Waals surface area contributed by atoms with E-state index in [0.29, 0.717) is 17.7 Å². The molecule has 0 fully saturated rings. The topological polar surface area (TPSA) is 92.4 Å². The summed E-state index contributed by atoms with van der Waals surface area (Å²) in [6.45, 7) is 2.33. The molecule has 0 aliphatic heterocycles. The van der Waals surface area contributed by atoms with Gasteiger partial charge >= 0.3 is 5.97 Å². The summed E-state index contributed by atoms with van der Waals surface area (Å²) in [7, 11) is 0. The highest BCUT2D eigenvalue weighted by molar-refractivity contribution is 5.94. The van der Waals surface area contributed by atoms with Gasteiger partial charge in [0.1, 0.15) is 6.04 Å². The summed E-state index contributed by atoms with van der Waals surface area (Å²) >= 11 is 0. The Balaban J connectivity index is 2.95. The van der Waals surface area contributed by atoms with E-state index in [4.69, 9.17) is 10.8 Å². The molecule has 1 rings (SSSR count). The van der Waals surface area contributed by atoms with Crippen molar-refractivity contribution >= 4 is 11.9 Å². The molecule has 1 aromatic carbocycles. The van der Waals surface area contributed by atoms with Crippen molar-refractivity contribution in [3.63, 3.8) is 0 Å². The van der Waals surface area contributed by atoms with Crippen molar-refractivity contribution in [2.75, 3.05) is 6.54 Å². The molecule has 5 heteroatoms. The lowest BCUT2D eigenvalue weighted by Crippen LogP contribution is -2.24. The van der Waals surface area contributed by atoms with Crippen LogP contribution in [0.5, 0.6) is 0 Å². The van der Waals surface area contributed by atoms with Crippen molar-refractivity contribution < 1.29 is 14.7 Å². The van der Waals surface area contributed by atoms with E-state index >= 15 is 0 Å². The van der Waals surface area contributed by atoms with E-state index in [1.807, 2.05) is 6.92 Å². The molecule has 1 amide bonds. The Bertz CT molecular complexity index is 404. The number of aliphatic carboxylic acids is 1. The molecule has 0 spiro atoms. The highest BCUT2D eigenvalue weighted by Crippen LogP contribution is 2.12. The predicted octanol–water partition coefficient (Wildman–Crippen LogP) is 0.521. The molecule has 0 saturated heterocycles. The van der Waals surface area contributed by atoms with Crippen molar-refractivity contribution in [1.29, 1.82) is 0 Å². The lowest BCUT2D eigenvalue weighted by Gasteiger charge is -2.08. The zero-order valence-electron chi connectivity index (χ0n) is 8.93. The Kier molecular flexibility index (Phi) is 4.02. The molecular weight excluding hydrogens is 208 g/mol. The van der Waals surface area contributed by atoms with Crippen LogP contribution in [0.3, 0.4) is 0 Å². The van der Waals surface area contributed by atoms with Gasteiger partial charge in [0.2, 0.25) is 0 Å². The fourth-order valence-electron chi connectivity index (χ4n) is 1.28. The van der Waals surface area contributed by atoms with E-state index in [0.717, 1.165) is 0 Å². The first-order chi connectivity index (χ1) is 7.56. The van der Waals surface area contributed by atoms with Crippen LogP contribution in [0.4, 0.5) is 0 Å². The van der Waals surface area contributed by atoms with Crippen LogP contribution in [0, 0.1) is 0 Å². The van der Waals surface area contributed by atoms with Gasteiger partial charge < -0.3 is 16.2 Å². The first-order valence-electron chi connectivity index (χ1n) is 4.92. The maximum absolute atomic E-state index is 11.5. The maximum Gasteiger partial charge on any atom is 0.325 e. The van der Waals surface area contributed by atoms with Gasteiger partial charge in [-0.1, -0.05) is 12.1 Å². The highest BCUT2D eigenvalue weighted by Gasteiger charge is 2.15. The second-order valence-electron chi connectivity index (χ2n) is 3.30. The van der Waals surface area contributed by atoms with Crippen molar-refractivity contribution in [1.82, 2.24) is 5.32 Å². The molecule has 86 valence electrons. The molecule has 5 nitrogen and oxygen atoms in total. The molecule has 0 aromatic heterocycles. The average molecular weight is 222 g/mol. The Morgan fingerprint density at radius 1 is 1.50 bits per heavy atom. The molecule has 0 saturated carbocycles. The molecule has 0 aliphatic rings. The third kappa shape index (κ3) is 2.80. The second kappa shape index (κ2) is 5.27. The summed E-state index contributed by atoms with van der Waals surface area (Å²) in [6, 6.07) is 5.20. The number of carboxylic acids is 1. The Morgan fingerprint density at radius 2 is 2.19 bits per heavy atom. The zero-order valence-corrected chi connectivity index (χ0v) is 8.93. The predicted molar refractivity (Wildman–Crippen MR) is 59.0 cm³/mol. The number of carbonyl (C=O) groups is 2. The van der Waals surface area contributed by atoms with E-state index < -0.39 is 12.0 Å². The molecule has 0 aliphatic carbocycles. The highest BCUT2D eigenvalue weighted by atomic mass is 16.4. The van der Waals surface area contributed by atoms with Gasteiger partial charge in [-0.3, -0.25) is 9.59 Å². The molecule has 4 N–H and O–H groups in total. The number of rotatable bonds is 4. The van der Waals surface area contributed by atoms with Crippen LogP contribution in [0.1, 0.15) is 28.9 Å². The number of hydrogen-bond acceptors (Lipinski definition) is 3. The van der Waals surface area contributed by atoms with E-state index in [2.05, 4.69) is 5.32 Å². The first-order valence-corrected chi connectivity index (χ1v) is 4.92. The van der Waals surface area contributed by atoms with Crippen LogP contribution in [-0.2, 0) is 4.79 Å². The molecule has 1 aromatic rings.